The van der Waals surface area contributed by atoms with Gasteiger partial charge in [0.1, 0.15) is 12.3 Å². The summed E-state index contributed by atoms with van der Waals surface area (Å²) in [6.45, 7) is 0.951. The van der Waals surface area contributed by atoms with Crippen molar-refractivity contribution in [3.63, 3.8) is 0 Å². The molecular formula is C19H17N3O2. The Hall–Kier alpha value is -3.08. The molecule has 0 spiro atoms. The first-order valence-corrected chi connectivity index (χ1v) is 7.95. The molecular weight excluding hydrogens is 302 g/mol. The van der Waals surface area contributed by atoms with Gasteiger partial charge in [-0.15, -0.1) is 0 Å². The molecule has 24 heavy (non-hydrogen) atoms. The number of aromatic nitrogens is 1. The lowest BCUT2D eigenvalue weighted by molar-refractivity contribution is 0.0952. The monoisotopic (exact) mass is 319 g/mol. The van der Waals surface area contributed by atoms with Gasteiger partial charge in [0.25, 0.3) is 5.91 Å². The Balaban J connectivity index is 1.70. The maximum atomic E-state index is 12.3. The Kier molecular flexibility index (Phi) is 3.75. The van der Waals surface area contributed by atoms with Crippen LogP contribution in [0.15, 0.2) is 59.8 Å². The molecule has 0 atom stereocenters. The second-order valence-electron chi connectivity index (χ2n) is 5.72. The zero-order valence-electron chi connectivity index (χ0n) is 13.1. The Bertz CT molecular complexity index is 913. The second kappa shape index (κ2) is 6.20. The summed E-state index contributed by atoms with van der Waals surface area (Å²) in [7, 11) is 0. The molecule has 3 aromatic rings. The van der Waals surface area contributed by atoms with Gasteiger partial charge in [-0.05, 0) is 11.6 Å². The van der Waals surface area contributed by atoms with E-state index >= 15 is 0 Å². The molecule has 0 bridgehead atoms. The molecule has 1 aliphatic rings. The first-order chi connectivity index (χ1) is 11.8. The predicted octanol–water partition coefficient (Wildman–Crippen LogP) is 3.22. The summed E-state index contributed by atoms with van der Waals surface area (Å²) < 4.78 is 0. The number of fused-ring (bicyclic) bond motifs is 3. The van der Waals surface area contributed by atoms with Crippen LogP contribution in [0.5, 0.6) is 0 Å². The minimum absolute atomic E-state index is 0.102. The van der Waals surface area contributed by atoms with E-state index in [0.29, 0.717) is 25.3 Å². The largest absolute Gasteiger partial charge is 0.391 e. The van der Waals surface area contributed by atoms with Crippen LogP contribution in [0.4, 0.5) is 0 Å². The number of amides is 1. The molecule has 2 aromatic carbocycles. The van der Waals surface area contributed by atoms with E-state index in [0.717, 1.165) is 27.7 Å². The van der Waals surface area contributed by atoms with Gasteiger partial charge in [0, 0.05) is 29.4 Å². The zero-order valence-corrected chi connectivity index (χ0v) is 13.1. The summed E-state index contributed by atoms with van der Waals surface area (Å²) in [6.07, 6.45) is 0.634. The number of hydrogen-bond donors (Lipinski definition) is 2. The van der Waals surface area contributed by atoms with Crippen LogP contribution in [-0.4, -0.2) is 23.1 Å². The Labute approximate surface area is 139 Å². The quantitative estimate of drug-likeness (QED) is 0.728. The fourth-order valence-electron chi connectivity index (χ4n) is 2.97. The molecule has 0 radical (unpaired) electrons. The summed E-state index contributed by atoms with van der Waals surface area (Å²) in [4.78, 5) is 21.0. The Morgan fingerprint density at radius 3 is 2.71 bits per heavy atom. The number of nitrogens with one attached hydrogen (secondary N) is 2. The highest BCUT2D eigenvalue weighted by Crippen LogP contribution is 2.25. The van der Waals surface area contributed by atoms with E-state index in [1.165, 1.54) is 0 Å². The lowest BCUT2D eigenvalue weighted by Gasteiger charge is -2.05. The third-order valence-electron chi connectivity index (χ3n) is 4.12. The number of oxime groups is 1. The summed E-state index contributed by atoms with van der Waals surface area (Å²) in [6, 6.07) is 17.8. The molecule has 2 heterocycles. The third-order valence-corrected chi connectivity index (χ3v) is 4.12. The van der Waals surface area contributed by atoms with E-state index in [9.17, 15) is 4.79 Å². The van der Waals surface area contributed by atoms with Crippen molar-refractivity contribution < 1.29 is 9.63 Å². The number of hydrogen-bond acceptors (Lipinski definition) is 3. The molecule has 0 saturated carbocycles. The van der Waals surface area contributed by atoms with E-state index in [2.05, 4.69) is 15.5 Å². The van der Waals surface area contributed by atoms with Crippen LogP contribution in [0, 0.1) is 0 Å². The Morgan fingerprint density at radius 1 is 1.04 bits per heavy atom. The van der Waals surface area contributed by atoms with Gasteiger partial charge in [0.2, 0.25) is 0 Å². The number of para-hydroxylation sites is 1. The van der Waals surface area contributed by atoms with Gasteiger partial charge in [0.05, 0.1) is 5.71 Å². The number of rotatable bonds is 3. The van der Waals surface area contributed by atoms with Crippen molar-refractivity contribution >= 4 is 22.5 Å². The van der Waals surface area contributed by atoms with E-state index in [1.807, 2.05) is 54.6 Å². The van der Waals surface area contributed by atoms with Gasteiger partial charge in [-0.25, -0.2) is 0 Å². The zero-order chi connectivity index (χ0) is 16.4. The van der Waals surface area contributed by atoms with Gasteiger partial charge < -0.3 is 15.1 Å². The first kappa shape index (κ1) is 14.5. The van der Waals surface area contributed by atoms with Crippen molar-refractivity contribution in [2.75, 3.05) is 6.54 Å². The van der Waals surface area contributed by atoms with Crippen LogP contribution in [0.3, 0.4) is 0 Å². The number of carbonyl (C=O) groups is 1. The maximum Gasteiger partial charge on any atom is 0.268 e. The van der Waals surface area contributed by atoms with Crippen LogP contribution in [0.25, 0.3) is 10.9 Å². The van der Waals surface area contributed by atoms with E-state index in [1.54, 1.807) is 0 Å². The molecule has 1 amide bonds. The lowest BCUT2D eigenvalue weighted by Crippen LogP contribution is -2.23. The van der Waals surface area contributed by atoms with Crippen molar-refractivity contribution in [1.29, 1.82) is 0 Å². The molecule has 1 aromatic heterocycles. The fraction of sp³-hybridized carbons (Fsp3) is 0.158. The predicted molar refractivity (Wildman–Crippen MR) is 93.0 cm³/mol. The molecule has 0 unspecified atom stereocenters. The van der Waals surface area contributed by atoms with Crippen LogP contribution >= 0.6 is 0 Å². The smallest absolute Gasteiger partial charge is 0.268 e. The molecule has 5 nitrogen and oxygen atoms in total. The standard InChI is InChI=1S/C19H17N3O2/c23-19-18-17(14-8-4-5-9-15(14)21-18)16(10-11-20-19)22-24-12-13-6-2-1-3-7-13/h1-9,21H,10-12H2,(H,20,23)/b22-16+. The molecule has 4 rings (SSSR count). The molecule has 2 N–H and O–H groups in total. The Morgan fingerprint density at radius 2 is 1.83 bits per heavy atom. The third kappa shape index (κ3) is 2.65. The van der Waals surface area contributed by atoms with E-state index < -0.39 is 0 Å². The molecule has 0 saturated heterocycles. The van der Waals surface area contributed by atoms with Crippen molar-refractivity contribution in [3.8, 4) is 0 Å². The van der Waals surface area contributed by atoms with Gasteiger partial charge in [-0.2, -0.15) is 0 Å². The summed E-state index contributed by atoms with van der Waals surface area (Å²) >= 11 is 0. The highest BCUT2D eigenvalue weighted by molar-refractivity contribution is 6.19. The highest BCUT2D eigenvalue weighted by Gasteiger charge is 2.24. The number of carbonyl (C=O) groups excluding carboxylic acids is 1. The van der Waals surface area contributed by atoms with Gasteiger partial charge >= 0.3 is 0 Å². The molecule has 120 valence electrons. The highest BCUT2D eigenvalue weighted by atomic mass is 16.6. The SMILES string of the molecule is O=C1NCC/C(=N\OCc2ccccc2)c2c1[nH]c1ccccc21. The van der Waals surface area contributed by atoms with Crippen molar-refractivity contribution in [1.82, 2.24) is 10.3 Å². The van der Waals surface area contributed by atoms with Gasteiger partial charge in [-0.1, -0.05) is 53.7 Å². The number of aromatic amines is 1. The normalized spacial score (nSPS) is 15.8. The first-order valence-electron chi connectivity index (χ1n) is 7.95. The summed E-state index contributed by atoms with van der Waals surface area (Å²) in [5.74, 6) is -0.102. The minimum atomic E-state index is -0.102. The number of H-pyrrole nitrogens is 1. The topological polar surface area (TPSA) is 66.5 Å². The van der Waals surface area contributed by atoms with Crippen LogP contribution in [0.1, 0.15) is 28.0 Å². The second-order valence-corrected chi connectivity index (χ2v) is 5.72. The average Bonchev–Trinajstić information content (AvgIpc) is 2.93. The minimum Gasteiger partial charge on any atom is -0.391 e. The van der Waals surface area contributed by atoms with Crippen molar-refractivity contribution in [2.45, 2.75) is 13.0 Å². The lowest BCUT2D eigenvalue weighted by atomic mass is 10.0. The average molecular weight is 319 g/mol. The fourth-order valence-corrected chi connectivity index (χ4v) is 2.97. The molecule has 0 fully saturated rings. The van der Waals surface area contributed by atoms with E-state index in [4.69, 9.17) is 4.84 Å². The molecule has 1 aliphatic heterocycles. The van der Waals surface area contributed by atoms with Gasteiger partial charge in [-0.3, -0.25) is 4.79 Å². The number of benzene rings is 2. The van der Waals surface area contributed by atoms with Crippen LogP contribution < -0.4 is 5.32 Å². The maximum absolute atomic E-state index is 12.3. The number of nitrogens with zero attached hydrogens (tertiary/aromatic N) is 1. The molecule has 5 heteroatoms. The summed E-state index contributed by atoms with van der Waals surface area (Å²) in [5.41, 5.74) is 4.17. The van der Waals surface area contributed by atoms with Crippen molar-refractivity contribution in [2.24, 2.45) is 5.16 Å². The van der Waals surface area contributed by atoms with E-state index in [-0.39, 0.29) is 5.91 Å². The van der Waals surface area contributed by atoms with Crippen LogP contribution in [-0.2, 0) is 11.4 Å². The van der Waals surface area contributed by atoms with Crippen molar-refractivity contribution in [3.05, 3.63) is 71.4 Å². The summed E-state index contributed by atoms with van der Waals surface area (Å²) in [5, 5.41) is 8.23. The van der Waals surface area contributed by atoms with Gasteiger partial charge in [0.15, 0.2) is 0 Å². The molecule has 0 aliphatic carbocycles. The van der Waals surface area contributed by atoms with Crippen LogP contribution in [0.2, 0.25) is 0 Å².